The smallest absolute Gasteiger partial charge is 0.289 e. The lowest BCUT2D eigenvalue weighted by molar-refractivity contribution is -0.139. The molecule has 0 radical (unpaired) electrons. The number of piperidine rings is 1. The molecule has 3 heterocycles. The van der Waals surface area contributed by atoms with Gasteiger partial charge < -0.3 is 19.5 Å². The first kappa shape index (κ1) is 18.1. The van der Waals surface area contributed by atoms with Gasteiger partial charge in [0.1, 0.15) is 6.04 Å². The SMILES string of the molecule is CN1C(=O)C2(CCN(C(=O)c3ccco3)CC2)CC1C(=O)NC1CCCC1. The van der Waals surface area contributed by atoms with Crippen LogP contribution >= 0.6 is 0 Å². The van der Waals surface area contributed by atoms with Gasteiger partial charge in [-0.2, -0.15) is 0 Å². The largest absolute Gasteiger partial charge is 0.459 e. The third-order valence-electron chi connectivity index (χ3n) is 6.57. The van der Waals surface area contributed by atoms with Gasteiger partial charge in [-0.1, -0.05) is 12.8 Å². The first-order chi connectivity index (χ1) is 13.0. The topological polar surface area (TPSA) is 82.9 Å². The summed E-state index contributed by atoms with van der Waals surface area (Å²) >= 11 is 0. The van der Waals surface area contributed by atoms with E-state index in [0.717, 1.165) is 25.7 Å². The molecule has 1 aromatic rings. The lowest BCUT2D eigenvalue weighted by Crippen LogP contribution is -2.46. The highest BCUT2D eigenvalue weighted by molar-refractivity contribution is 5.95. The summed E-state index contributed by atoms with van der Waals surface area (Å²) < 4.78 is 5.20. The molecule has 4 rings (SSSR count). The van der Waals surface area contributed by atoms with E-state index in [1.165, 1.54) is 6.26 Å². The highest BCUT2D eigenvalue weighted by Gasteiger charge is 2.53. The number of nitrogens with one attached hydrogen (secondary N) is 1. The van der Waals surface area contributed by atoms with E-state index >= 15 is 0 Å². The van der Waals surface area contributed by atoms with Crippen molar-refractivity contribution in [2.75, 3.05) is 20.1 Å². The quantitative estimate of drug-likeness (QED) is 0.876. The van der Waals surface area contributed by atoms with Crippen LogP contribution in [0.5, 0.6) is 0 Å². The molecule has 1 unspecified atom stereocenters. The molecule has 0 bridgehead atoms. The molecule has 27 heavy (non-hydrogen) atoms. The number of amides is 3. The second kappa shape index (κ2) is 7.02. The summed E-state index contributed by atoms with van der Waals surface area (Å²) in [5, 5.41) is 3.13. The van der Waals surface area contributed by atoms with Crippen molar-refractivity contribution in [1.29, 1.82) is 0 Å². The summed E-state index contributed by atoms with van der Waals surface area (Å²) in [4.78, 5) is 41.5. The van der Waals surface area contributed by atoms with Gasteiger partial charge in [-0.05, 0) is 44.2 Å². The maximum Gasteiger partial charge on any atom is 0.289 e. The molecule has 146 valence electrons. The van der Waals surface area contributed by atoms with Crippen LogP contribution in [0.1, 0.15) is 55.5 Å². The van der Waals surface area contributed by atoms with Gasteiger partial charge in [0.05, 0.1) is 11.7 Å². The molecular weight excluding hydrogens is 346 g/mol. The van der Waals surface area contributed by atoms with Gasteiger partial charge >= 0.3 is 0 Å². The number of likely N-dealkylation sites (tertiary alicyclic amines) is 2. The summed E-state index contributed by atoms with van der Waals surface area (Å²) in [5.74, 6) is 0.210. The normalized spacial score (nSPS) is 25.4. The number of hydrogen-bond acceptors (Lipinski definition) is 4. The molecule has 1 saturated carbocycles. The van der Waals surface area contributed by atoms with Crippen LogP contribution in [0.25, 0.3) is 0 Å². The Kier molecular flexibility index (Phi) is 4.70. The highest BCUT2D eigenvalue weighted by atomic mass is 16.3. The van der Waals surface area contributed by atoms with Crippen molar-refractivity contribution >= 4 is 17.7 Å². The summed E-state index contributed by atoms with van der Waals surface area (Å²) in [6.45, 7) is 1.02. The monoisotopic (exact) mass is 373 g/mol. The number of likely N-dealkylation sites (N-methyl/N-ethyl adjacent to an activating group) is 1. The number of nitrogens with zero attached hydrogens (tertiary/aromatic N) is 2. The second-order valence-electron chi connectivity index (χ2n) is 8.18. The van der Waals surface area contributed by atoms with E-state index < -0.39 is 11.5 Å². The molecule has 1 atom stereocenters. The van der Waals surface area contributed by atoms with E-state index in [1.807, 2.05) is 0 Å². The summed E-state index contributed by atoms with van der Waals surface area (Å²) in [6.07, 6.45) is 7.61. The molecule has 2 saturated heterocycles. The van der Waals surface area contributed by atoms with Crippen molar-refractivity contribution in [3.05, 3.63) is 24.2 Å². The van der Waals surface area contributed by atoms with Gasteiger partial charge in [0.25, 0.3) is 5.91 Å². The zero-order valence-corrected chi connectivity index (χ0v) is 15.8. The Balaban J connectivity index is 1.39. The molecule has 1 spiro atoms. The van der Waals surface area contributed by atoms with E-state index in [0.29, 0.717) is 38.1 Å². The van der Waals surface area contributed by atoms with Crippen LogP contribution in [0.3, 0.4) is 0 Å². The van der Waals surface area contributed by atoms with Gasteiger partial charge in [0.2, 0.25) is 11.8 Å². The minimum Gasteiger partial charge on any atom is -0.459 e. The summed E-state index contributed by atoms with van der Waals surface area (Å²) in [5.41, 5.74) is -0.521. The van der Waals surface area contributed by atoms with Crippen LogP contribution < -0.4 is 5.32 Å². The van der Waals surface area contributed by atoms with E-state index in [1.54, 1.807) is 29.0 Å². The van der Waals surface area contributed by atoms with E-state index in [2.05, 4.69) is 5.32 Å². The molecule has 0 aromatic carbocycles. The maximum absolute atomic E-state index is 13.0. The number of hydrogen-bond donors (Lipinski definition) is 1. The van der Waals surface area contributed by atoms with Crippen molar-refractivity contribution in [3.63, 3.8) is 0 Å². The standard InChI is InChI=1S/C20H27N3O4/c1-22-15(17(24)21-14-5-2-3-6-14)13-20(19(22)26)8-10-23(11-9-20)18(25)16-7-4-12-27-16/h4,7,12,14-15H,2-3,5-6,8-11,13H2,1H3,(H,21,24). The molecule has 2 aliphatic heterocycles. The Morgan fingerprint density at radius 3 is 2.56 bits per heavy atom. The number of furan rings is 1. The molecular formula is C20H27N3O4. The fraction of sp³-hybridized carbons (Fsp3) is 0.650. The highest BCUT2D eigenvalue weighted by Crippen LogP contribution is 2.44. The van der Waals surface area contributed by atoms with Gasteiger partial charge in [-0.15, -0.1) is 0 Å². The van der Waals surface area contributed by atoms with Crippen molar-refractivity contribution in [3.8, 4) is 0 Å². The van der Waals surface area contributed by atoms with Crippen LogP contribution in [-0.2, 0) is 9.59 Å². The number of carbonyl (C=O) groups is 3. The predicted octanol–water partition coefficient (Wildman–Crippen LogP) is 1.79. The summed E-state index contributed by atoms with van der Waals surface area (Å²) in [6, 6.07) is 3.21. The molecule has 7 nitrogen and oxygen atoms in total. The van der Waals surface area contributed by atoms with E-state index in [9.17, 15) is 14.4 Å². The first-order valence-electron chi connectivity index (χ1n) is 9.91. The van der Waals surface area contributed by atoms with Crippen molar-refractivity contribution in [2.45, 2.75) is 57.0 Å². The molecule has 7 heteroatoms. The minimum absolute atomic E-state index is 0.0243. The molecule has 3 amide bonds. The Morgan fingerprint density at radius 1 is 1.22 bits per heavy atom. The van der Waals surface area contributed by atoms with E-state index in [-0.39, 0.29) is 23.8 Å². The van der Waals surface area contributed by atoms with Crippen molar-refractivity contribution in [1.82, 2.24) is 15.1 Å². The predicted molar refractivity (Wildman–Crippen MR) is 97.9 cm³/mol. The zero-order valence-electron chi connectivity index (χ0n) is 15.8. The average molecular weight is 373 g/mol. The third-order valence-corrected chi connectivity index (χ3v) is 6.57. The van der Waals surface area contributed by atoms with Crippen LogP contribution in [0.2, 0.25) is 0 Å². The zero-order chi connectivity index (χ0) is 19.0. The lowest BCUT2D eigenvalue weighted by atomic mass is 9.76. The van der Waals surface area contributed by atoms with Gasteiger partial charge in [0, 0.05) is 26.2 Å². The Hall–Kier alpha value is -2.31. The van der Waals surface area contributed by atoms with Gasteiger partial charge in [-0.3, -0.25) is 14.4 Å². The van der Waals surface area contributed by atoms with Gasteiger partial charge in [0.15, 0.2) is 5.76 Å². The number of rotatable bonds is 3. The first-order valence-corrected chi connectivity index (χ1v) is 9.91. The van der Waals surface area contributed by atoms with Crippen LogP contribution in [0, 0.1) is 5.41 Å². The molecule has 3 fully saturated rings. The molecule has 3 aliphatic rings. The Morgan fingerprint density at radius 2 is 1.93 bits per heavy atom. The number of carbonyl (C=O) groups excluding carboxylic acids is 3. The molecule has 1 aromatic heterocycles. The van der Waals surface area contributed by atoms with Crippen molar-refractivity contribution < 1.29 is 18.8 Å². The van der Waals surface area contributed by atoms with Gasteiger partial charge in [-0.25, -0.2) is 0 Å². The minimum atomic E-state index is -0.521. The molecule has 1 N–H and O–H groups in total. The second-order valence-corrected chi connectivity index (χ2v) is 8.18. The maximum atomic E-state index is 13.0. The van der Waals surface area contributed by atoms with Crippen LogP contribution in [0.4, 0.5) is 0 Å². The van der Waals surface area contributed by atoms with Crippen LogP contribution in [-0.4, -0.2) is 59.7 Å². The van der Waals surface area contributed by atoms with E-state index in [4.69, 9.17) is 4.42 Å². The Labute approximate surface area is 159 Å². The summed E-state index contributed by atoms with van der Waals surface area (Å²) in [7, 11) is 1.73. The van der Waals surface area contributed by atoms with Crippen LogP contribution in [0.15, 0.2) is 22.8 Å². The fourth-order valence-electron chi connectivity index (χ4n) is 4.86. The third kappa shape index (κ3) is 3.24. The lowest BCUT2D eigenvalue weighted by Gasteiger charge is -2.37. The average Bonchev–Trinajstić information content (AvgIpc) is 3.42. The van der Waals surface area contributed by atoms with Crippen molar-refractivity contribution in [2.24, 2.45) is 5.41 Å². The fourth-order valence-corrected chi connectivity index (χ4v) is 4.86. The molecule has 1 aliphatic carbocycles. The Bertz CT molecular complexity index is 716.